The fourth-order valence-corrected chi connectivity index (χ4v) is 1.76. The third kappa shape index (κ3) is 2.76. The summed E-state index contributed by atoms with van der Waals surface area (Å²) in [6, 6.07) is 8.64. The van der Waals surface area contributed by atoms with Gasteiger partial charge in [0.05, 0.1) is 10.7 Å². The molecule has 0 atom stereocenters. The Kier molecular flexibility index (Phi) is 3.98. The number of para-hydroxylation sites is 1. The number of anilines is 1. The van der Waals surface area contributed by atoms with Crippen LogP contribution < -0.4 is 11.2 Å². The number of aromatic nitrogens is 2. The minimum absolute atomic E-state index is 0.212. The summed E-state index contributed by atoms with van der Waals surface area (Å²) in [7, 11) is 0. The molecule has 0 spiro atoms. The van der Waals surface area contributed by atoms with Crippen molar-refractivity contribution in [2.24, 2.45) is 10.8 Å². The summed E-state index contributed by atoms with van der Waals surface area (Å²) in [4.78, 5) is 0. The van der Waals surface area contributed by atoms with Gasteiger partial charge in [0, 0.05) is 12.4 Å². The van der Waals surface area contributed by atoms with Gasteiger partial charge in [-0.15, -0.1) is 0 Å². The number of amidine groups is 1. The van der Waals surface area contributed by atoms with Gasteiger partial charge in [-0.25, -0.2) is 4.68 Å². The summed E-state index contributed by atoms with van der Waals surface area (Å²) in [6.45, 7) is 0. The predicted molar refractivity (Wildman–Crippen MR) is 77.2 cm³/mol. The average molecular weight is 288 g/mol. The minimum Gasteiger partial charge on any atom is -0.382 e. The molecule has 0 saturated heterocycles. The van der Waals surface area contributed by atoms with Crippen molar-refractivity contribution in [1.82, 2.24) is 9.78 Å². The highest BCUT2D eigenvalue weighted by atomic mass is 35.5. The SMILES string of the molecule is N#C/C(=N\Nc1cccc(Cl)c1-n1cccn1)C(=N)N. The zero-order valence-electron chi connectivity index (χ0n) is 10.2. The lowest BCUT2D eigenvalue weighted by molar-refractivity contribution is 0.881. The molecule has 2 aromatic rings. The van der Waals surface area contributed by atoms with Crippen LogP contribution in [-0.2, 0) is 0 Å². The summed E-state index contributed by atoms with van der Waals surface area (Å²) in [5.74, 6) is -0.414. The first kappa shape index (κ1) is 13.6. The van der Waals surface area contributed by atoms with E-state index < -0.39 is 5.84 Å². The molecule has 0 radical (unpaired) electrons. The summed E-state index contributed by atoms with van der Waals surface area (Å²) < 4.78 is 1.57. The fraction of sp³-hybridized carbons (Fsp3) is 0. The standard InChI is InChI=1S/C12H10ClN7/c13-8-3-1-4-9(11(8)20-6-2-5-17-20)18-19-10(7-14)12(15)16/h1-6,18H,(H3,15,16)/b19-10+. The van der Waals surface area contributed by atoms with E-state index in [1.54, 1.807) is 47.4 Å². The molecule has 1 aromatic heterocycles. The van der Waals surface area contributed by atoms with Gasteiger partial charge in [-0.2, -0.15) is 15.5 Å². The van der Waals surface area contributed by atoms with Gasteiger partial charge >= 0.3 is 0 Å². The third-order valence-corrected chi connectivity index (χ3v) is 2.67. The highest BCUT2D eigenvalue weighted by Gasteiger charge is 2.10. The lowest BCUT2D eigenvalue weighted by Crippen LogP contribution is -2.22. The van der Waals surface area contributed by atoms with Crippen molar-refractivity contribution in [3.63, 3.8) is 0 Å². The van der Waals surface area contributed by atoms with Gasteiger partial charge in [-0.3, -0.25) is 10.8 Å². The minimum atomic E-state index is -0.414. The van der Waals surface area contributed by atoms with E-state index in [0.29, 0.717) is 16.4 Å². The van der Waals surface area contributed by atoms with Gasteiger partial charge in [-0.1, -0.05) is 17.7 Å². The number of hydrogen-bond donors (Lipinski definition) is 3. The van der Waals surface area contributed by atoms with E-state index in [0.717, 1.165) is 0 Å². The second-order valence-corrected chi connectivity index (χ2v) is 4.09. The smallest absolute Gasteiger partial charge is 0.201 e. The number of rotatable bonds is 4. The maximum atomic E-state index is 8.80. The van der Waals surface area contributed by atoms with Gasteiger partial charge < -0.3 is 5.73 Å². The largest absolute Gasteiger partial charge is 0.382 e. The Bertz CT molecular complexity index is 697. The van der Waals surface area contributed by atoms with Crippen molar-refractivity contribution in [2.75, 3.05) is 5.43 Å². The van der Waals surface area contributed by atoms with Crippen molar-refractivity contribution in [3.8, 4) is 11.8 Å². The molecule has 8 heteroatoms. The number of nitrogens with zero attached hydrogens (tertiary/aromatic N) is 4. The van der Waals surface area contributed by atoms with E-state index in [4.69, 9.17) is 28.0 Å². The molecular formula is C12H10ClN7. The van der Waals surface area contributed by atoms with Crippen LogP contribution in [0, 0.1) is 16.7 Å². The summed E-state index contributed by atoms with van der Waals surface area (Å²) in [5, 5.41) is 24.3. The number of hydrogen-bond acceptors (Lipinski definition) is 5. The van der Waals surface area contributed by atoms with Crippen molar-refractivity contribution < 1.29 is 0 Å². The molecule has 1 heterocycles. The third-order valence-electron chi connectivity index (χ3n) is 2.37. The van der Waals surface area contributed by atoms with E-state index in [-0.39, 0.29) is 5.71 Å². The Morgan fingerprint density at radius 1 is 1.50 bits per heavy atom. The normalized spacial score (nSPS) is 10.9. The Labute approximate surface area is 119 Å². The molecular weight excluding hydrogens is 278 g/mol. The Balaban J connectivity index is 2.42. The topological polar surface area (TPSA) is 116 Å². The van der Waals surface area contributed by atoms with Gasteiger partial charge in [0.15, 0.2) is 5.84 Å². The number of hydrazone groups is 1. The molecule has 1 aromatic carbocycles. The molecule has 0 aliphatic heterocycles. The predicted octanol–water partition coefficient (Wildman–Crippen LogP) is 1.75. The van der Waals surface area contributed by atoms with Gasteiger partial charge in [0.2, 0.25) is 5.71 Å². The van der Waals surface area contributed by atoms with Gasteiger partial charge in [-0.05, 0) is 18.2 Å². The lowest BCUT2D eigenvalue weighted by atomic mass is 10.2. The van der Waals surface area contributed by atoms with Crippen LogP contribution in [0.2, 0.25) is 5.02 Å². The molecule has 20 heavy (non-hydrogen) atoms. The molecule has 100 valence electrons. The van der Waals surface area contributed by atoms with E-state index >= 15 is 0 Å². The Hall–Kier alpha value is -2.85. The van der Waals surface area contributed by atoms with Crippen LogP contribution in [0.25, 0.3) is 5.69 Å². The number of halogens is 1. The first-order valence-corrected chi connectivity index (χ1v) is 5.88. The maximum Gasteiger partial charge on any atom is 0.201 e. The van der Waals surface area contributed by atoms with E-state index in [1.165, 1.54) is 0 Å². The van der Waals surface area contributed by atoms with Crippen LogP contribution in [-0.4, -0.2) is 21.3 Å². The van der Waals surface area contributed by atoms with Crippen LogP contribution >= 0.6 is 11.6 Å². The summed E-state index contributed by atoms with van der Waals surface area (Å²) in [5.41, 5.74) is 8.81. The Morgan fingerprint density at radius 3 is 2.90 bits per heavy atom. The molecule has 4 N–H and O–H groups in total. The molecule has 2 rings (SSSR count). The van der Waals surface area contributed by atoms with Crippen LogP contribution in [0.4, 0.5) is 5.69 Å². The highest BCUT2D eigenvalue weighted by molar-refractivity contribution is 6.45. The molecule has 0 unspecified atom stereocenters. The molecule has 0 aliphatic rings. The number of nitrogens with one attached hydrogen (secondary N) is 2. The monoisotopic (exact) mass is 287 g/mol. The number of nitriles is 1. The van der Waals surface area contributed by atoms with Crippen LogP contribution in [0.3, 0.4) is 0 Å². The van der Waals surface area contributed by atoms with E-state index in [2.05, 4.69) is 15.6 Å². The van der Waals surface area contributed by atoms with Crippen LogP contribution in [0.5, 0.6) is 0 Å². The van der Waals surface area contributed by atoms with Crippen LogP contribution in [0.15, 0.2) is 41.8 Å². The summed E-state index contributed by atoms with van der Waals surface area (Å²) >= 11 is 6.15. The van der Waals surface area contributed by atoms with Gasteiger partial charge in [0.25, 0.3) is 0 Å². The maximum absolute atomic E-state index is 8.80. The Morgan fingerprint density at radius 2 is 2.30 bits per heavy atom. The fourth-order valence-electron chi connectivity index (χ4n) is 1.50. The second-order valence-electron chi connectivity index (χ2n) is 3.68. The summed E-state index contributed by atoms with van der Waals surface area (Å²) in [6.07, 6.45) is 3.35. The van der Waals surface area contributed by atoms with Crippen molar-refractivity contribution in [3.05, 3.63) is 41.7 Å². The molecule has 0 bridgehead atoms. The average Bonchev–Trinajstić information content (AvgIpc) is 2.92. The molecule has 7 nitrogen and oxygen atoms in total. The van der Waals surface area contributed by atoms with E-state index in [9.17, 15) is 0 Å². The van der Waals surface area contributed by atoms with Gasteiger partial charge in [0.1, 0.15) is 11.8 Å². The zero-order chi connectivity index (χ0) is 14.5. The van der Waals surface area contributed by atoms with E-state index in [1.807, 2.05) is 0 Å². The van der Waals surface area contributed by atoms with Crippen LogP contribution in [0.1, 0.15) is 0 Å². The first-order chi connectivity index (χ1) is 9.63. The zero-order valence-corrected chi connectivity index (χ0v) is 11.0. The number of nitrogens with two attached hydrogens (primary N) is 1. The van der Waals surface area contributed by atoms with Crippen molar-refractivity contribution in [2.45, 2.75) is 0 Å². The number of benzene rings is 1. The molecule has 0 saturated carbocycles. The first-order valence-electron chi connectivity index (χ1n) is 5.50. The molecule has 0 aliphatic carbocycles. The highest BCUT2D eigenvalue weighted by Crippen LogP contribution is 2.27. The molecule has 0 fully saturated rings. The molecule has 0 amide bonds. The second kappa shape index (κ2) is 5.86. The van der Waals surface area contributed by atoms with Crippen molar-refractivity contribution in [1.29, 1.82) is 10.7 Å². The quantitative estimate of drug-likeness (QED) is 0.451. The van der Waals surface area contributed by atoms with Crippen molar-refractivity contribution >= 4 is 28.8 Å². The lowest BCUT2D eigenvalue weighted by Gasteiger charge is -2.10.